The third-order valence-electron chi connectivity index (χ3n) is 8.05. The zero-order chi connectivity index (χ0) is 28.4. The van der Waals surface area contributed by atoms with Gasteiger partial charge < -0.3 is 9.30 Å². The van der Waals surface area contributed by atoms with Crippen LogP contribution in [0.15, 0.2) is 109 Å². The number of benzene rings is 5. The number of nitrogens with zero attached hydrogens (tertiary/aromatic N) is 3. The molecule has 0 N–H and O–H groups in total. The molecule has 0 spiro atoms. The first kappa shape index (κ1) is 27.3. The van der Waals surface area contributed by atoms with Crippen molar-refractivity contribution in [3.05, 3.63) is 127 Å². The maximum atomic E-state index is 6.44. The van der Waals surface area contributed by atoms with Gasteiger partial charge in [-0.3, -0.25) is 4.98 Å². The van der Waals surface area contributed by atoms with Crippen LogP contribution in [0.1, 0.15) is 26.3 Å². The summed E-state index contributed by atoms with van der Waals surface area (Å²) >= 11 is 0. The standard InChI is InChI=1S/C38H27N3O.Pt/c1-38(2,3)27-20-26-14-13-25-12-11-24-15-16-28(21-32(24)36(25)37(26)40-23-27)42-29-17-18-31-30-8-4-5-9-33(30)41(34(31)22-29)35-10-6-7-19-39-35;/h4-20,23H,1-3H3;/q-2;+2. The number of aromatic nitrogens is 3. The molecule has 8 rings (SSSR count). The fourth-order valence-electron chi connectivity index (χ4n) is 5.88. The summed E-state index contributed by atoms with van der Waals surface area (Å²) in [5, 5.41) is 7.69. The SMILES string of the molecule is CC(C)(C)c1cnc2c(ccc3ccc4ccc(Oc5[c-]c6c(cc5)c5ccccc5n6-c5ccccn5)[c-]c4c32)c1.[Pt+2]. The Morgan fingerprint density at radius 3 is 2.23 bits per heavy atom. The van der Waals surface area contributed by atoms with Gasteiger partial charge in [-0.25, -0.2) is 4.98 Å². The molecule has 0 saturated heterocycles. The van der Waals surface area contributed by atoms with Crippen molar-refractivity contribution in [2.75, 3.05) is 0 Å². The summed E-state index contributed by atoms with van der Waals surface area (Å²) in [5.74, 6) is 2.10. The van der Waals surface area contributed by atoms with Crippen LogP contribution < -0.4 is 4.74 Å². The molecule has 0 saturated carbocycles. The molecule has 5 heteroatoms. The number of hydrogen-bond acceptors (Lipinski definition) is 3. The summed E-state index contributed by atoms with van der Waals surface area (Å²) in [6, 6.07) is 40.4. The Hall–Kier alpha value is -4.53. The predicted octanol–water partition coefficient (Wildman–Crippen LogP) is 9.72. The van der Waals surface area contributed by atoms with Crippen LogP contribution in [0.3, 0.4) is 0 Å². The van der Waals surface area contributed by atoms with Gasteiger partial charge in [0, 0.05) is 34.9 Å². The molecule has 0 radical (unpaired) electrons. The minimum atomic E-state index is 0. The molecule has 0 aliphatic heterocycles. The number of pyridine rings is 2. The second-order valence-corrected chi connectivity index (χ2v) is 11.8. The molecule has 210 valence electrons. The number of hydrogen-bond donors (Lipinski definition) is 0. The van der Waals surface area contributed by atoms with Gasteiger partial charge in [0.15, 0.2) is 0 Å². The quantitative estimate of drug-likeness (QED) is 0.134. The van der Waals surface area contributed by atoms with E-state index in [0.717, 1.165) is 60.1 Å². The first-order valence-electron chi connectivity index (χ1n) is 14.2. The normalized spacial score (nSPS) is 11.9. The minimum absolute atomic E-state index is 0. The molecular weight excluding hydrogens is 710 g/mol. The fourth-order valence-corrected chi connectivity index (χ4v) is 5.88. The fraction of sp³-hybridized carbons (Fsp3) is 0.105. The monoisotopic (exact) mass is 736 g/mol. The van der Waals surface area contributed by atoms with Crippen LogP contribution in [0.25, 0.3) is 60.1 Å². The van der Waals surface area contributed by atoms with E-state index in [4.69, 9.17) is 9.72 Å². The Labute approximate surface area is 264 Å². The summed E-state index contributed by atoms with van der Waals surface area (Å²) < 4.78 is 8.58. The number of fused-ring (bicyclic) bond motifs is 8. The molecule has 43 heavy (non-hydrogen) atoms. The van der Waals surface area contributed by atoms with Gasteiger partial charge in [-0.1, -0.05) is 91.7 Å². The Morgan fingerprint density at radius 1 is 0.698 bits per heavy atom. The van der Waals surface area contributed by atoms with Crippen molar-refractivity contribution in [3.8, 4) is 17.3 Å². The van der Waals surface area contributed by atoms with Crippen LogP contribution in [0.5, 0.6) is 11.5 Å². The Bertz CT molecular complexity index is 2320. The number of rotatable bonds is 3. The van der Waals surface area contributed by atoms with Crippen LogP contribution in [-0.4, -0.2) is 14.5 Å². The molecule has 3 aromatic heterocycles. The van der Waals surface area contributed by atoms with Gasteiger partial charge in [0.1, 0.15) is 5.82 Å². The molecule has 0 fully saturated rings. The molecule has 0 aliphatic carbocycles. The van der Waals surface area contributed by atoms with Gasteiger partial charge in [0.05, 0.1) is 0 Å². The third kappa shape index (κ3) is 4.58. The predicted molar refractivity (Wildman–Crippen MR) is 172 cm³/mol. The van der Waals surface area contributed by atoms with Crippen molar-refractivity contribution in [3.63, 3.8) is 0 Å². The molecule has 0 amide bonds. The molecule has 5 aromatic carbocycles. The van der Waals surface area contributed by atoms with Crippen LogP contribution in [0.4, 0.5) is 0 Å². The molecule has 3 heterocycles. The van der Waals surface area contributed by atoms with Gasteiger partial charge in [0.25, 0.3) is 0 Å². The van der Waals surface area contributed by atoms with E-state index in [1.807, 2.05) is 42.7 Å². The van der Waals surface area contributed by atoms with E-state index in [9.17, 15) is 0 Å². The Balaban J connectivity index is 0.00000300. The first-order valence-corrected chi connectivity index (χ1v) is 14.2. The van der Waals surface area contributed by atoms with Gasteiger partial charge in [0.2, 0.25) is 0 Å². The van der Waals surface area contributed by atoms with Crippen molar-refractivity contribution in [2.45, 2.75) is 26.2 Å². The topological polar surface area (TPSA) is 39.9 Å². The van der Waals surface area contributed by atoms with E-state index in [2.05, 4.69) is 109 Å². The summed E-state index contributed by atoms with van der Waals surface area (Å²) in [5.41, 5.74) is 4.23. The zero-order valence-electron chi connectivity index (χ0n) is 24.0. The third-order valence-corrected chi connectivity index (χ3v) is 8.05. The van der Waals surface area contributed by atoms with Crippen molar-refractivity contribution in [1.29, 1.82) is 0 Å². The van der Waals surface area contributed by atoms with Crippen LogP contribution in [-0.2, 0) is 26.5 Å². The average molecular weight is 737 g/mol. The molecule has 0 unspecified atom stereocenters. The summed E-state index contributed by atoms with van der Waals surface area (Å²) in [6.07, 6.45) is 3.82. The largest absolute Gasteiger partial charge is 2.00 e. The minimum Gasteiger partial charge on any atom is -0.503 e. The van der Waals surface area contributed by atoms with Gasteiger partial charge in [-0.05, 0) is 46.0 Å². The van der Waals surface area contributed by atoms with E-state index >= 15 is 0 Å². The van der Waals surface area contributed by atoms with E-state index in [-0.39, 0.29) is 26.5 Å². The zero-order valence-corrected chi connectivity index (χ0v) is 26.2. The maximum absolute atomic E-state index is 6.44. The molecule has 0 atom stereocenters. The maximum Gasteiger partial charge on any atom is 2.00 e. The van der Waals surface area contributed by atoms with Gasteiger partial charge in [-0.2, -0.15) is 6.07 Å². The first-order chi connectivity index (χ1) is 20.4. The molecule has 0 bridgehead atoms. The second kappa shape index (κ2) is 10.3. The van der Waals surface area contributed by atoms with Crippen LogP contribution in [0.2, 0.25) is 0 Å². The van der Waals surface area contributed by atoms with E-state index in [0.29, 0.717) is 11.5 Å². The van der Waals surface area contributed by atoms with Crippen molar-refractivity contribution in [1.82, 2.24) is 14.5 Å². The van der Waals surface area contributed by atoms with Crippen molar-refractivity contribution in [2.24, 2.45) is 0 Å². The van der Waals surface area contributed by atoms with Gasteiger partial charge >= 0.3 is 21.1 Å². The van der Waals surface area contributed by atoms with Crippen molar-refractivity contribution >= 4 is 54.3 Å². The summed E-state index contributed by atoms with van der Waals surface area (Å²) in [6.45, 7) is 6.65. The second-order valence-electron chi connectivity index (χ2n) is 11.8. The molecular formula is C38H27N3OPt. The molecule has 0 aliphatic rings. The average Bonchev–Trinajstić information content (AvgIpc) is 3.34. The molecule has 8 aromatic rings. The Kier molecular flexibility index (Phi) is 6.56. The van der Waals surface area contributed by atoms with E-state index < -0.39 is 0 Å². The van der Waals surface area contributed by atoms with E-state index in [1.165, 1.54) is 5.56 Å². The smallest absolute Gasteiger partial charge is 0.503 e. The summed E-state index contributed by atoms with van der Waals surface area (Å²) in [7, 11) is 0. The van der Waals surface area contributed by atoms with E-state index in [1.54, 1.807) is 0 Å². The van der Waals surface area contributed by atoms with Gasteiger partial charge in [-0.15, -0.1) is 40.4 Å². The summed E-state index contributed by atoms with van der Waals surface area (Å²) in [4.78, 5) is 9.59. The number of ether oxygens (including phenoxy) is 1. The number of para-hydroxylation sites is 1. The molecule has 4 nitrogen and oxygen atoms in total. The van der Waals surface area contributed by atoms with Crippen LogP contribution >= 0.6 is 0 Å². The van der Waals surface area contributed by atoms with Crippen molar-refractivity contribution < 1.29 is 25.8 Å². The Morgan fingerprint density at radius 2 is 1.42 bits per heavy atom. The van der Waals surface area contributed by atoms with Crippen LogP contribution in [0, 0.1) is 12.1 Å².